The van der Waals surface area contributed by atoms with Crippen molar-refractivity contribution in [1.29, 1.82) is 0 Å². The first-order chi connectivity index (χ1) is 9.23. The summed E-state index contributed by atoms with van der Waals surface area (Å²) in [4.78, 5) is 2.03. The number of hydrogen-bond acceptors (Lipinski definition) is 4. The molecule has 0 radical (unpaired) electrons. The first kappa shape index (κ1) is 15.9. The number of anilines is 1. The predicted octanol–water partition coefficient (Wildman–Crippen LogP) is 1.90. The highest BCUT2D eigenvalue weighted by Crippen LogP contribution is 2.34. The number of benzene rings is 1. The van der Waals surface area contributed by atoms with Crippen molar-refractivity contribution in [2.45, 2.75) is 17.9 Å². The lowest BCUT2D eigenvalue weighted by Crippen LogP contribution is -2.52. The van der Waals surface area contributed by atoms with Crippen LogP contribution in [0.15, 0.2) is 17.0 Å². The van der Waals surface area contributed by atoms with Crippen LogP contribution in [0.3, 0.4) is 0 Å². The highest BCUT2D eigenvalue weighted by atomic mass is 35.5. The molecule has 5 nitrogen and oxygen atoms in total. The third-order valence-electron chi connectivity index (χ3n) is 3.37. The molecule has 1 aromatic rings. The van der Waals surface area contributed by atoms with Gasteiger partial charge in [0.05, 0.1) is 10.7 Å². The van der Waals surface area contributed by atoms with Crippen LogP contribution in [0.4, 0.5) is 5.69 Å². The number of rotatable bonds is 2. The lowest BCUT2D eigenvalue weighted by atomic mass is 10.2. The number of piperazine rings is 1. The van der Waals surface area contributed by atoms with Crippen molar-refractivity contribution in [2.24, 2.45) is 0 Å². The lowest BCUT2D eigenvalue weighted by Gasteiger charge is -2.37. The van der Waals surface area contributed by atoms with Crippen LogP contribution in [0.1, 0.15) is 6.92 Å². The Morgan fingerprint density at radius 1 is 1.30 bits per heavy atom. The van der Waals surface area contributed by atoms with Crippen molar-refractivity contribution in [3.8, 4) is 0 Å². The van der Waals surface area contributed by atoms with Crippen LogP contribution in [-0.2, 0) is 10.0 Å². The van der Waals surface area contributed by atoms with Crippen molar-refractivity contribution in [1.82, 2.24) is 9.21 Å². The van der Waals surface area contributed by atoms with E-state index in [2.05, 4.69) is 4.90 Å². The molecule has 1 aliphatic heterocycles. The van der Waals surface area contributed by atoms with Gasteiger partial charge in [0.2, 0.25) is 10.0 Å². The molecule has 1 unspecified atom stereocenters. The van der Waals surface area contributed by atoms with Crippen molar-refractivity contribution >= 4 is 38.9 Å². The largest absolute Gasteiger partial charge is 0.398 e. The monoisotopic (exact) mass is 337 g/mol. The normalized spacial score (nSPS) is 22.1. The standard InChI is InChI=1S/C12H17Cl2N3O2S/c1-8-7-16(2)3-4-17(8)20(18,19)12-10(14)5-9(13)6-11(12)15/h5-6,8H,3-4,7,15H2,1-2H3. The summed E-state index contributed by atoms with van der Waals surface area (Å²) in [6.07, 6.45) is 0. The number of sulfonamides is 1. The molecule has 2 N–H and O–H groups in total. The number of nitrogens with zero attached hydrogens (tertiary/aromatic N) is 2. The molecular weight excluding hydrogens is 321 g/mol. The summed E-state index contributed by atoms with van der Waals surface area (Å²) in [6.45, 7) is 3.63. The van der Waals surface area contributed by atoms with E-state index in [0.717, 1.165) is 0 Å². The number of halogens is 2. The Hall–Kier alpha value is -0.530. The first-order valence-corrected chi connectivity index (χ1v) is 8.38. The van der Waals surface area contributed by atoms with Crippen molar-refractivity contribution < 1.29 is 8.42 Å². The Bertz CT molecular complexity index is 598. The second kappa shape index (κ2) is 5.69. The summed E-state index contributed by atoms with van der Waals surface area (Å²) in [5.74, 6) is 0. The van der Waals surface area contributed by atoms with Gasteiger partial charge in [-0.15, -0.1) is 0 Å². The molecule has 20 heavy (non-hydrogen) atoms. The van der Waals surface area contributed by atoms with Crippen LogP contribution in [-0.4, -0.2) is 50.3 Å². The molecular formula is C12H17Cl2N3O2S. The summed E-state index contributed by atoms with van der Waals surface area (Å²) in [6, 6.07) is 2.67. The number of hydrogen-bond donors (Lipinski definition) is 1. The molecule has 2 rings (SSSR count). The van der Waals surface area contributed by atoms with E-state index in [0.29, 0.717) is 24.7 Å². The zero-order chi connectivity index (χ0) is 15.1. The smallest absolute Gasteiger partial charge is 0.246 e. The minimum absolute atomic E-state index is 0.0556. The van der Waals surface area contributed by atoms with Gasteiger partial charge in [0.25, 0.3) is 0 Å². The average molecular weight is 338 g/mol. The zero-order valence-electron chi connectivity index (χ0n) is 11.3. The second-order valence-electron chi connectivity index (χ2n) is 5.03. The van der Waals surface area contributed by atoms with Crippen LogP contribution in [0, 0.1) is 0 Å². The zero-order valence-corrected chi connectivity index (χ0v) is 13.6. The van der Waals surface area contributed by atoms with Gasteiger partial charge in [-0.3, -0.25) is 0 Å². The fourth-order valence-electron chi connectivity index (χ4n) is 2.45. The molecule has 0 amide bonds. The first-order valence-electron chi connectivity index (χ1n) is 6.18. The van der Waals surface area contributed by atoms with Crippen LogP contribution >= 0.6 is 23.2 Å². The lowest BCUT2D eigenvalue weighted by molar-refractivity contribution is 0.170. The molecule has 1 saturated heterocycles. The Morgan fingerprint density at radius 3 is 2.50 bits per heavy atom. The van der Waals surface area contributed by atoms with Gasteiger partial charge in [-0.25, -0.2) is 8.42 Å². The third kappa shape index (κ3) is 2.89. The van der Waals surface area contributed by atoms with Gasteiger partial charge in [0.15, 0.2) is 0 Å². The number of nitrogen functional groups attached to an aromatic ring is 1. The summed E-state index contributed by atoms with van der Waals surface area (Å²) in [5.41, 5.74) is 5.88. The third-order valence-corrected chi connectivity index (χ3v) is 6.13. The molecule has 1 aromatic carbocycles. The number of nitrogens with two attached hydrogens (primary N) is 1. The Morgan fingerprint density at radius 2 is 1.95 bits per heavy atom. The Labute approximate surface area is 129 Å². The number of likely N-dealkylation sites (N-methyl/N-ethyl adjacent to an activating group) is 1. The topological polar surface area (TPSA) is 66.6 Å². The minimum Gasteiger partial charge on any atom is -0.398 e. The van der Waals surface area contributed by atoms with Gasteiger partial charge in [-0.05, 0) is 26.1 Å². The molecule has 0 spiro atoms. The molecule has 1 atom stereocenters. The average Bonchev–Trinajstić information content (AvgIpc) is 2.25. The minimum atomic E-state index is -3.72. The maximum absolute atomic E-state index is 12.8. The van der Waals surface area contributed by atoms with E-state index in [1.54, 1.807) is 0 Å². The molecule has 0 bridgehead atoms. The van der Waals surface area contributed by atoms with Gasteiger partial charge in [-0.2, -0.15) is 4.31 Å². The van der Waals surface area contributed by atoms with Gasteiger partial charge < -0.3 is 10.6 Å². The fraction of sp³-hybridized carbons (Fsp3) is 0.500. The maximum atomic E-state index is 12.8. The van der Waals surface area contributed by atoms with E-state index in [1.807, 2.05) is 14.0 Å². The van der Waals surface area contributed by atoms with E-state index >= 15 is 0 Å². The molecule has 112 valence electrons. The second-order valence-corrected chi connectivity index (χ2v) is 7.70. The van der Waals surface area contributed by atoms with E-state index in [9.17, 15) is 8.42 Å². The Balaban J connectivity index is 2.46. The maximum Gasteiger partial charge on any atom is 0.246 e. The van der Waals surface area contributed by atoms with Crippen molar-refractivity contribution in [3.05, 3.63) is 22.2 Å². The van der Waals surface area contributed by atoms with Crippen molar-refractivity contribution in [3.63, 3.8) is 0 Å². The Kier molecular flexibility index (Phi) is 4.51. The molecule has 8 heteroatoms. The summed E-state index contributed by atoms with van der Waals surface area (Å²) < 4.78 is 27.0. The highest BCUT2D eigenvalue weighted by molar-refractivity contribution is 7.89. The molecule has 0 aromatic heterocycles. The predicted molar refractivity (Wildman–Crippen MR) is 81.7 cm³/mol. The van der Waals surface area contributed by atoms with Gasteiger partial charge in [0, 0.05) is 30.7 Å². The molecule has 0 aliphatic carbocycles. The van der Waals surface area contributed by atoms with E-state index in [-0.39, 0.29) is 21.6 Å². The summed E-state index contributed by atoms with van der Waals surface area (Å²) >= 11 is 11.9. The molecule has 1 aliphatic rings. The van der Waals surface area contributed by atoms with Crippen LogP contribution in [0.5, 0.6) is 0 Å². The van der Waals surface area contributed by atoms with Crippen molar-refractivity contribution in [2.75, 3.05) is 32.4 Å². The SMILES string of the molecule is CC1CN(C)CCN1S(=O)(=O)c1c(N)cc(Cl)cc1Cl. The quantitative estimate of drug-likeness (QED) is 0.837. The van der Waals surface area contributed by atoms with E-state index < -0.39 is 10.0 Å². The molecule has 1 fully saturated rings. The van der Waals surface area contributed by atoms with E-state index in [4.69, 9.17) is 28.9 Å². The fourth-order valence-corrected chi connectivity index (χ4v) is 5.01. The molecule has 1 heterocycles. The van der Waals surface area contributed by atoms with Gasteiger partial charge in [0.1, 0.15) is 4.90 Å². The van der Waals surface area contributed by atoms with Crippen LogP contribution < -0.4 is 5.73 Å². The van der Waals surface area contributed by atoms with Crippen LogP contribution in [0.25, 0.3) is 0 Å². The summed E-state index contributed by atoms with van der Waals surface area (Å²) in [5, 5.41) is 0.374. The van der Waals surface area contributed by atoms with Gasteiger partial charge in [-0.1, -0.05) is 23.2 Å². The van der Waals surface area contributed by atoms with Crippen LogP contribution in [0.2, 0.25) is 10.0 Å². The highest BCUT2D eigenvalue weighted by Gasteiger charge is 2.35. The molecule has 0 saturated carbocycles. The van der Waals surface area contributed by atoms with Gasteiger partial charge >= 0.3 is 0 Å². The summed E-state index contributed by atoms with van der Waals surface area (Å²) in [7, 11) is -1.76. The van der Waals surface area contributed by atoms with E-state index in [1.165, 1.54) is 16.4 Å².